The summed E-state index contributed by atoms with van der Waals surface area (Å²) >= 11 is 0. The Labute approximate surface area is 123 Å². The van der Waals surface area contributed by atoms with Gasteiger partial charge >= 0.3 is 5.97 Å². The van der Waals surface area contributed by atoms with Crippen molar-refractivity contribution in [2.45, 2.75) is 6.42 Å². The fourth-order valence-electron chi connectivity index (χ4n) is 2.74. The van der Waals surface area contributed by atoms with E-state index in [2.05, 4.69) is 10.1 Å². The Kier molecular flexibility index (Phi) is 4.01. The van der Waals surface area contributed by atoms with Crippen molar-refractivity contribution in [2.75, 3.05) is 31.6 Å². The van der Waals surface area contributed by atoms with Crippen LogP contribution in [0.3, 0.4) is 0 Å². The first-order chi connectivity index (χ1) is 9.13. The lowest BCUT2D eigenvalue weighted by atomic mass is 9.81. The molecule has 1 aromatic carbocycles. The highest BCUT2D eigenvalue weighted by Gasteiger charge is 2.47. The molecule has 20 heavy (non-hydrogen) atoms. The van der Waals surface area contributed by atoms with Crippen LogP contribution in [0.25, 0.3) is 0 Å². The smallest absolute Gasteiger partial charge is 0.337 e. The summed E-state index contributed by atoms with van der Waals surface area (Å²) in [5.41, 5.74) is 1.47. The molecule has 5 nitrogen and oxygen atoms in total. The minimum atomic E-state index is -0.362. The summed E-state index contributed by atoms with van der Waals surface area (Å²) in [5, 5.41) is 3.23. The van der Waals surface area contributed by atoms with Gasteiger partial charge in [0.25, 0.3) is 0 Å². The van der Waals surface area contributed by atoms with Crippen molar-refractivity contribution in [2.24, 2.45) is 5.41 Å². The number of nitrogens with zero attached hydrogens (tertiary/aromatic N) is 1. The SMILES string of the molecule is COC(=O)c1ccc(N2CC3(CNC3)CC2=O)cc1.Cl. The Morgan fingerprint density at radius 2 is 1.95 bits per heavy atom. The number of ether oxygens (including phenoxy) is 1. The van der Waals surface area contributed by atoms with Gasteiger partial charge in [0.15, 0.2) is 0 Å². The highest BCUT2D eigenvalue weighted by Crippen LogP contribution is 2.37. The van der Waals surface area contributed by atoms with E-state index in [1.54, 1.807) is 24.3 Å². The zero-order valence-corrected chi connectivity index (χ0v) is 12.0. The molecule has 6 heteroatoms. The third-order valence-corrected chi connectivity index (χ3v) is 3.92. The molecular formula is C14H17ClN2O3. The van der Waals surface area contributed by atoms with E-state index in [4.69, 9.17) is 0 Å². The predicted octanol–water partition coefficient (Wildman–Crippen LogP) is 1.22. The van der Waals surface area contributed by atoms with E-state index in [9.17, 15) is 9.59 Å². The molecule has 0 unspecified atom stereocenters. The summed E-state index contributed by atoms with van der Waals surface area (Å²) in [7, 11) is 1.35. The fourth-order valence-corrected chi connectivity index (χ4v) is 2.74. The monoisotopic (exact) mass is 296 g/mol. The van der Waals surface area contributed by atoms with Crippen LogP contribution < -0.4 is 10.2 Å². The summed E-state index contributed by atoms with van der Waals surface area (Å²) in [6, 6.07) is 6.99. The normalized spacial score (nSPS) is 19.4. The Balaban J connectivity index is 0.00000147. The maximum Gasteiger partial charge on any atom is 0.337 e. The van der Waals surface area contributed by atoms with E-state index < -0.39 is 0 Å². The second-order valence-corrected chi connectivity index (χ2v) is 5.30. The van der Waals surface area contributed by atoms with E-state index in [-0.39, 0.29) is 29.7 Å². The molecule has 1 amide bonds. The lowest BCUT2D eigenvalue weighted by Crippen LogP contribution is -2.54. The molecular weight excluding hydrogens is 280 g/mol. The number of benzene rings is 1. The van der Waals surface area contributed by atoms with Gasteiger partial charge in [-0.3, -0.25) is 4.79 Å². The van der Waals surface area contributed by atoms with Crippen molar-refractivity contribution in [3.63, 3.8) is 0 Å². The second kappa shape index (κ2) is 5.42. The van der Waals surface area contributed by atoms with Gasteiger partial charge in [0.1, 0.15) is 0 Å². The van der Waals surface area contributed by atoms with Crippen LogP contribution in [0.4, 0.5) is 5.69 Å². The van der Waals surface area contributed by atoms with Gasteiger partial charge in [-0.2, -0.15) is 0 Å². The topological polar surface area (TPSA) is 58.6 Å². The van der Waals surface area contributed by atoms with Gasteiger partial charge in [-0.05, 0) is 24.3 Å². The van der Waals surface area contributed by atoms with Crippen LogP contribution in [-0.2, 0) is 9.53 Å². The van der Waals surface area contributed by atoms with Crippen molar-refractivity contribution in [3.8, 4) is 0 Å². The van der Waals surface area contributed by atoms with Crippen LogP contribution in [0.5, 0.6) is 0 Å². The standard InChI is InChI=1S/C14H16N2O3.ClH/c1-19-13(18)10-2-4-11(5-3-10)16-9-14(6-12(16)17)7-15-8-14;/h2-5,15H,6-9H2,1H3;1H. The van der Waals surface area contributed by atoms with Gasteiger partial charge in [-0.15, -0.1) is 12.4 Å². The summed E-state index contributed by atoms with van der Waals surface area (Å²) in [4.78, 5) is 25.2. The van der Waals surface area contributed by atoms with Gasteiger partial charge in [-0.1, -0.05) is 0 Å². The van der Waals surface area contributed by atoms with Crippen molar-refractivity contribution in [1.82, 2.24) is 5.32 Å². The first kappa shape index (κ1) is 14.8. The van der Waals surface area contributed by atoms with Crippen molar-refractivity contribution in [1.29, 1.82) is 0 Å². The number of hydrogen-bond donors (Lipinski definition) is 1. The van der Waals surface area contributed by atoms with Crippen molar-refractivity contribution < 1.29 is 14.3 Å². The predicted molar refractivity (Wildman–Crippen MR) is 77.3 cm³/mol. The van der Waals surface area contributed by atoms with Crippen LogP contribution >= 0.6 is 12.4 Å². The van der Waals surface area contributed by atoms with Crippen LogP contribution in [0.2, 0.25) is 0 Å². The minimum absolute atomic E-state index is 0. The molecule has 1 N–H and O–H groups in total. The molecule has 2 heterocycles. The molecule has 0 atom stereocenters. The Bertz CT molecular complexity index is 526. The van der Waals surface area contributed by atoms with E-state index in [0.717, 1.165) is 25.3 Å². The van der Waals surface area contributed by atoms with Crippen LogP contribution in [0.15, 0.2) is 24.3 Å². The van der Waals surface area contributed by atoms with Crippen LogP contribution in [-0.4, -0.2) is 38.6 Å². The summed E-state index contributed by atoms with van der Waals surface area (Å²) in [6.45, 7) is 2.58. The quantitative estimate of drug-likeness (QED) is 0.834. The molecule has 0 bridgehead atoms. The number of halogens is 1. The molecule has 2 aliphatic rings. The number of amides is 1. The van der Waals surface area contributed by atoms with Gasteiger partial charge < -0.3 is 15.0 Å². The molecule has 2 aliphatic heterocycles. The molecule has 2 fully saturated rings. The maximum atomic E-state index is 12.1. The fraction of sp³-hybridized carbons (Fsp3) is 0.429. The molecule has 0 radical (unpaired) electrons. The molecule has 1 spiro atoms. The third-order valence-electron chi connectivity index (χ3n) is 3.92. The zero-order chi connectivity index (χ0) is 13.5. The number of anilines is 1. The third kappa shape index (κ3) is 2.39. The lowest BCUT2D eigenvalue weighted by molar-refractivity contribution is -0.118. The summed E-state index contributed by atoms with van der Waals surface area (Å²) in [5.74, 6) is -0.203. The molecule has 0 aromatic heterocycles. The van der Waals surface area contributed by atoms with Gasteiger partial charge in [0.2, 0.25) is 5.91 Å². The summed E-state index contributed by atoms with van der Waals surface area (Å²) in [6.07, 6.45) is 0.610. The van der Waals surface area contributed by atoms with Crippen LogP contribution in [0, 0.1) is 5.41 Å². The first-order valence-electron chi connectivity index (χ1n) is 6.33. The van der Waals surface area contributed by atoms with E-state index in [0.29, 0.717) is 12.0 Å². The number of rotatable bonds is 2. The lowest BCUT2D eigenvalue weighted by Gasteiger charge is -2.38. The van der Waals surface area contributed by atoms with Gasteiger partial charge in [-0.25, -0.2) is 4.79 Å². The average Bonchev–Trinajstić information content (AvgIpc) is 2.76. The molecule has 2 saturated heterocycles. The Hall–Kier alpha value is -1.59. The molecule has 0 saturated carbocycles. The number of hydrogen-bond acceptors (Lipinski definition) is 4. The Morgan fingerprint density at radius 1 is 1.30 bits per heavy atom. The Morgan fingerprint density at radius 3 is 2.40 bits per heavy atom. The highest BCUT2D eigenvalue weighted by atomic mass is 35.5. The molecule has 0 aliphatic carbocycles. The van der Waals surface area contributed by atoms with E-state index >= 15 is 0 Å². The van der Waals surface area contributed by atoms with E-state index in [1.165, 1.54) is 7.11 Å². The number of carbonyl (C=O) groups is 2. The average molecular weight is 297 g/mol. The molecule has 108 valence electrons. The van der Waals surface area contributed by atoms with Gasteiger partial charge in [0, 0.05) is 37.2 Å². The van der Waals surface area contributed by atoms with Gasteiger partial charge in [0.05, 0.1) is 12.7 Å². The maximum absolute atomic E-state index is 12.1. The summed E-state index contributed by atoms with van der Waals surface area (Å²) < 4.78 is 4.65. The number of nitrogens with one attached hydrogen (secondary N) is 1. The van der Waals surface area contributed by atoms with E-state index in [1.807, 2.05) is 4.90 Å². The minimum Gasteiger partial charge on any atom is -0.465 e. The number of esters is 1. The molecule has 3 rings (SSSR count). The van der Waals surface area contributed by atoms with Crippen molar-refractivity contribution in [3.05, 3.63) is 29.8 Å². The van der Waals surface area contributed by atoms with Crippen molar-refractivity contribution >= 4 is 30.0 Å². The number of methoxy groups -OCH3 is 1. The first-order valence-corrected chi connectivity index (χ1v) is 6.33. The number of carbonyl (C=O) groups excluding carboxylic acids is 2. The molecule has 1 aromatic rings. The zero-order valence-electron chi connectivity index (χ0n) is 11.2. The highest BCUT2D eigenvalue weighted by molar-refractivity contribution is 5.97. The van der Waals surface area contributed by atoms with Crippen LogP contribution in [0.1, 0.15) is 16.8 Å². The largest absolute Gasteiger partial charge is 0.465 e. The second-order valence-electron chi connectivity index (χ2n) is 5.30.